The maximum atomic E-state index is 12.1. The van der Waals surface area contributed by atoms with Gasteiger partial charge in [-0.1, -0.05) is 28.1 Å². The number of carbonyl (C=O) groups excluding carboxylic acids is 1. The number of carbonyl (C=O) groups is 1. The lowest BCUT2D eigenvalue weighted by molar-refractivity contribution is -0.142. The number of hydrogen-bond acceptors (Lipinski definition) is 3. The summed E-state index contributed by atoms with van der Waals surface area (Å²) in [6, 6.07) is 8.28. The van der Waals surface area contributed by atoms with Crippen LogP contribution >= 0.6 is 15.9 Å². The first-order chi connectivity index (χ1) is 9.69. The number of ether oxygens (including phenoxy) is 2. The molecule has 3 nitrogen and oxygen atoms in total. The summed E-state index contributed by atoms with van der Waals surface area (Å²) in [4.78, 5) is 12.1. The average Bonchev–Trinajstić information content (AvgIpc) is 2.81. The van der Waals surface area contributed by atoms with Crippen molar-refractivity contribution in [3.63, 3.8) is 0 Å². The van der Waals surface area contributed by atoms with Gasteiger partial charge in [0.25, 0.3) is 0 Å². The lowest BCUT2D eigenvalue weighted by Gasteiger charge is -2.36. The first kappa shape index (κ1) is 14.1. The quantitative estimate of drug-likeness (QED) is 0.791. The van der Waals surface area contributed by atoms with Crippen molar-refractivity contribution in [2.75, 3.05) is 13.2 Å². The van der Waals surface area contributed by atoms with E-state index in [1.807, 2.05) is 19.1 Å². The van der Waals surface area contributed by atoms with E-state index < -0.39 is 0 Å². The number of rotatable bonds is 3. The molecule has 4 heteroatoms. The van der Waals surface area contributed by atoms with Gasteiger partial charge in [-0.3, -0.25) is 4.79 Å². The minimum atomic E-state index is -0.0298. The third-order valence-corrected chi connectivity index (χ3v) is 4.96. The molecule has 1 aliphatic heterocycles. The summed E-state index contributed by atoms with van der Waals surface area (Å²) in [6.07, 6.45) is 2.09. The van der Waals surface area contributed by atoms with Gasteiger partial charge in [-0.15, -0.1) is 0 Å². The van der Waals surface area contributed by atoms with E-state index in [1.165, 1.54) is 5.56 Å². The molecule has 1 saturated carbocycles. The van der Waals surface area contributed by atoms with Crippen LogP contribution in [0.4, 0.5) is 0 Å². The van der Waals surface area contributed by atoms with Crippen molar-refractivity contribution in [2.24, 2.45) is 11.8 Å². The maximum Gasteiger partial charge on any atom is 0.309 e. The van der Waals surface area contributed by atoms with E-state index in [1.54, 1.807) is 0 Å². The number of fused-ring (bicyclic) bond motifs is 1. The van der Waals surface area contributed by atoms with Gasteiger partial charge in [0, 0.05) is 22.9 Å². The van der Waals surface area contributed by atoms with Crippen molar-refractivity contribution in [1.82, 2.24) is 0 Å². The van der Waals surface area contributed by atoms with Gasteiger partial charge in [-0.2, -0.15) is 0 Å². The van der Waals surface area contributed by atoms with Crippen LogP contribution in [0.3, 0.4) is 0 Å². The van der Waals surface area contributed by atoms with Crippen LogP contribution in [-0.2, 0) is 14.3 Å². The zero-order valence-corrected chi connectivity index (χ0v) is 13.1. The summed E-state index contributed by atoms with van der Waals surface area (Å²) < 4.78 is 12.2. The third-order valence-electron chi connectivity index (χ3n) is 4.44. The highest BCUT2D eigenvalue weighted by molar-refractivity contribution is 9.10. The van der Waals surface area contributed by atoms with E-state index in [-0.39, 0.29) is 23.9 Å². The minimum Gasteiger partial charge on any atom is -0.465 e. The summed E-state index contributed by atoms with van der Waals surface area (Å²) in [7, 11) is 0. The van der Waals surface area contributed by atoms with E-state index in [2.05, 4.69) is 28.1 Å². The molecule has 1 heterocycles. The van der Waals surface area contributed by atoms with E-state index in [0.29, 0.717) is 12.5 Å². The first-order valence-electron chi connectivity index (χ1n) is 7.22. The fourth-order valence-corrected chi connectivity index (χ4v) is 3.84. The Balaban J connectivity index is 1.88. The normalized spacial score (nSPS) is 32.8. The number of cyclic esters (lactones) is 1. The fourth-order valence-electron chi connectivity index (χ4n) is 3.58. The molecule has 1 aromatic rings. The van der Waals surface area contributed by atoms with Crippen LogP contribution in [0.2, 0.25) is 0 Å². The van der Waals surface area contributed by atoms with Crippen LogP contribution < -0.4 is 0 Å². The lowest BCUT2D eigenvalue weighted by Crippen LogP contribution is -2.36. The predicted molar refractivity (Wildman–Crippen MR) is 79.5 cm³/mol. The second-order valence-corrected chi connectivity index (χ2v) is 6.54. The van der Waals surface area contributed by atoms with E-state index in [0.717, 1.165) is 23.9 Å². The zero-order valence-electron chi connectivity index (χ0n) is 11.5. The van der Waals surface area contributed by atoms with Crippen molar-refractivity contribution >= 4 is 21.9 Å². The smallest absolute Gasteiger partial charge is 0.309 e. The van der Waals surface area contributed by atoms with Gasteiger partial charge in [0.15, 0.2) is 0 Å². The van der Waals surface area contributed by atoms with Crippen molar-refractivity contribution in [1.29, 1.82) is 0 Å². The summed E-state index contributed by atoms with van der Waals surface area (Å²) in [5, 5.41) is 0. The summed E-state index contributed by atoms with van der Waals surface area (Å²) in [5.74, 6) is 0.501. The topological polar surface area (TPSA) is 35.5 Å². The molecule has 3 rings (SSSR count). The number of halogens is 1. The highest BCUT2D eigenvalue weighted by Gasteiger charge is 2.47. The van der Waals surface area contributed by atoms with Crippen LogP contribution in [-0.4, -0.2) is 25.3 Å². The van der Waals surface area contributed by atoms with Crippen LogP contribution in [0, 0.1) is 11.8 Å². The Bertz CT molecular complexity index is 485. The Labute approximate surface area is 127 Å². The maximum absolute atomic E-state index is 12.1. The Morgan fingerprint density at radius 1 is 1.30 bits per heavy atom. The van der Waals surface area contributed by atoms with E-state index in [9.17, 15) is 4.79 Å². The fraction of sp³-hybridized carbons (Fsp3) is 0.562. The molecule has 0 N–H and O–H groups in total. The molecule has 2 fully saturated rings. The first-order valence-corrected chi connectivity index (χ1v) is 8.02. The van der Waals surface area contributed by atoms with Gasteiger partial charge < -0.3 is 9.47 Å². The van der Waals surface area contributed by atoms with Gasteiger partial charge in [0.1, 0.15) is 0 Å². The molecule has 20 heavy (non-hydrogen) atoms. The largest absolute Gasteiger partial charge is 0.465 e. The van der Waals surface area contributed by atoms with Gasteiger partial charge >= 0.3 is 5.97 Å². The summed E-state index contributed by atoms with van der Waals surface area (Å²) >= 11 is 3.46. The standard InChI is InChI=1S/C16H19BrO3/c1-2-19-13-7-11-9-20-16(18)15(11)14(8-13)10-3-5-12(17)6-4-10/h3-6,11,13-15H,2,7-9H2,1H3/t11-,13-,14+,15+/m1/s1. The summed E-state index contributed by atoms with van der Waals surface area (Å²) in [6.45, 7) is 3.31. The Morgan fingerprint density at radius 2 is 2.05 bits per heavy atom. The molecule has 0 amide bonds. The van der Waals surface area contributed by atoms with Crippen LogP contribution in [0.25, 0.3) is 0 Å². The Morgan fingerprint density at radius 3 is 2.75 bits per heavy atom. The molecule has 4 atom stereocenters. The SMILES string of the molecule is CCO[C@@H]1C[C@@H]2COC(=O)[C@@H]2[C@H](c2ccc(Br)cc2)C1. The predicted octanol–water partition coefficient (Wildman–Crippen LogP) is 3.52. The van der Waals surface area contributed by atoms with E-state index in [4.69, 9.17) is 9.47 Å². The Hall–Kier alpha value is -0.870. The molecule has 0 radical (unpaired) electrons. The average molecular weight is 339 g/mol. The zero-order chi connectivity index (χ0) is 14.1. The molecule has 2 aliphatic rings. The minimum absolute atomic E-state index is 0.00730. The van der Waals surface area contributed by atoms with Crippen LogP contribution in [0.5, 0.6) is 0 Å². The second kappa shape index (κ2) is 5.86. The number of hydrogen-bond donors (Lipinski definition) is 0. The molecular formula is C16H19BrO3. The molecule has 0 aromatic heterocycles. The second-order valence-electron chi connectivity index (χ2n) is 5.62. The molecule has 0 unspecified atom stereocenters. The van der Waals surface area contributed by atoms with Gasteiger partial charge in [0.2, 0.25) is 0 Å². The highest BCUT2D eigenvalue weighted by Crippen LogP contribution is 2.46. The van der Waals surface area contributed by atoms with Gasteiger partial charge in [0.05, 0.1) is 18.6 Å². The molecule has 0 bridgehead atoms. The molecular weight excluding hydrogens is 320 g/mol. The molecule has 1 saturated heterocycles. The lowest BCUT2D eigenvalue weighted by atomic mass is 9.69. The van der Waals surface area contributed by atoms with Crippen molar-refractivity contribution in [2.45, 2.75) is 31.8 Å². The van der Waals surface area contributed by atoms with Gasteiger partial charge in [-0.05, 0) is 37.5 Å². The van der Waals surface area contributed by atoms with Gasteiger partial charge in [-0.25, -0.2) is 0 Å². The monoisotopic (exact) mass is 338 g/mol. The molecule has 1 aliphatic carbocycles. The van der Waals surface area contributed by atoms with Crippen molar-refractivity contribution < 1.29 is 14.3 Å². The van der Waals surface area contributed by atoms with Crippen LogP contribution in [0.1, 0.15) is 31.2 Å². The molecule has 1 aromatic carbocycles. The number of benzene rings is 1. The molecule has 108 valence electrons. The third kappa shape index (κ3) is 2.63. The van der Waals surface area contributed by atoms with Crippen LogP contribution in [0.15, 0.2) is 28.7 Å². The summed E-state index contributed by atoms with van der Waals surface area (Å²) in [5.41, 5.74) is 1.21. The Kier molecular flexibility index (Phi) is 4.13. The van der Waals surface area contributed by atoms with Crippen molar-refractivity contribution in [3.8, 4) is 0 Å². The van der Waals surface area contributed by atoms with Crippen molar-refractivity contribution in [3.05, 3.63) is 34.3 Å². The number of esters is 1. The highest BCUT2D eigenvalue weighted by atomic mass is 79.9. The molecule has 0 spiro atoms. The van der Waals surface area contributed by atoms with E-state index >= 15 is 0 Å².